The van der Waals surface area contributed by atoms with E-state index in [0.29, 0.717) is 49.0 Å². The number of benzene rings is 2. The molecule has 3 aromatic rings. The van der Waals surface area contributed by atoms with Crippen molar-refractivity contribution in [2.75, 3.05) is 38.7 Å². The van der Waals surface area contributed by atoms with Gasteiger partial charge >= 0.3 is 0 Å². The molecule has 0 spiro atoms. The summed E-state index contributed by atoms with van der Waals surface area (Å²) in [6, 6.07) is 11.5. The predicted molar refractivity (Wildman–Crippen MR) is 125 cm³/mol. The van der Waals surface area contributed by atoms with Gasteiger partial charge in [-0.3, -0.25) is 4.79 Å². The summed E-state index contributed by atoms with van der Waals surface area (Å²) in [5.74, 6) is 0.998. The van der Waals surface area contributed by atoms with Gasteiger partial charge in [0.15, 0.2) is 5.82 Å². The highest BCUT2D eigenvalue weighted by molar-refractivity contribution is 6.04. The number of hydrogen-bond donors (Lipinski definition) is 1. The number of methoxy groups -OCH3 is 1. The zero-order chi connectivity index (χ0) is 23.5. The Labute approximate surface area is 193 Å². The first-order valence-corrected chi connectivity index (χ1v) is 10.9. The summed E-state index contributed by atoms with van der Waals surface area (Å²) in [7, 11) is 1.56. The van der Waals surface area contributed by atoms with Gasteiger partial charge < -0.3 is 19.7 Å². The fourth-order valence-electron chi connectivity index (χ4n) is 4.21. The number of anilines is 1. The van der Waals surface area contributed by atoms with Crippen molar-refractivity contribution in [3.05, 3.63) is 58.3 Å². The van der Waals surface area contributed by atoms with E-state index in [4.69, 9.17) is 9.47 Å². The van der Waals surface area contributed by atoms with Crippen LogP contribution in [0.1, 0.15) is 45.7 Å². The van der Waals surface area contributed by atoms with Crippen molar-refractivity contribution in [3.8, 4) is 11.8 Å². The minimum absolute atomic E-state index is 0.0833. The Hall–Kier alpha value is -3.70. The molecule has 1 amide bonds. The third-order valence-corrected chi connectivity index (χ3v) is 6.13. The molecule has 0 aliphatic carbocycles. The Kier molecular flexibility index (Phi) is 6.43. The third kappa shape index (κ3) is 4.32. The van der Waals surface area contributed by atoms with Crippen LogP contribution in [0.15, 0.2) is 30.3 Å². The molecule has 2 aromatic carbocycles. The zero-order valence-electron chi connectivity index (χ0n) is 19.3. The van der Waals surface area contributed by atoms with Gasteiger partial charge in [-0.1, -0.05) is 12.1 Å². The molecule has 1 atom stereocenters. The maximum absolute atomic E-state index is 13.2. The molecule has 8 heteroatoms. The number of morpholine rings is 1. The standard InChI is InChI=1S/C25H27N5O3/c1-15-18(14-26)6-5-7-19(15)16(2)27-24-21-13-23(32-4)22(12-20(21)17(3)28-29-24)25(31)30-8-10-33-11-9-30/h5-7,12-13,16H,8-11H2,1-4H3,(H,27,29). The second-order valence-corrected chi connectivity index (χ2v) is 8.13. The number of amides is 1. The maximum Gasteiger partial charge on any atom is 0.257 e. The van der Waals surface area contributed by atoms with Gasteiger partial charge in [0.2, 0.25) is 0 Å². The Bertz CT molecular complexity index is 1250. The van der Waals surface area contributed by atoms with Crippen LogP contribution in [0.3, 0.4) is 0 Å². The van der Waals surface area contributed by atoms with Gasteiger partial charge in [0.1, 0.15) is 5.75 Å². The van der Waals surface area contributed by atoms with Crippen molar-refractivity contribution >= 4 is 22.5 Å². The molecule has 1 aliphatic heterocycles. The smallest absolute Gasteiger partial charge is 0.257 e. The summed E-state index contributed by atoms with van der Waals surface area (Å²) in [5, 5.41) is 23.2. The lowest BCUT2D eigenvalue weighted by Gasteiger charge is -2.27. The van der Waals surface area contributed by atoms with Crippen LogP contribution in [-0.4, -0.2) is 54.4 Å². The third-order valence-electron chi connectivity index (χ3n) is 6.13. The molecule has 0 saturated carbocycles. The molecule has 0 bridgehead atoms. The van der Waals surface area contributed by atoms with Crippen LogP contribution in [0, 0.1) is 25.2 Å². The van der Waals surface area contributed by atoms with Crippen LogP contribution in [0.4, 0.5) is 5.82 Å². The molecule has 170 valence electrons. The summed E-state index contributed by atoms with van der Waals surface area (Å²) in [6.45, 7) is 8.01. The normalized spacial score (nSPS) is 14.6. The van der Waals surface area contributed by atoms with Crippen molar-refractivity contribution in [2.24, 2.45) is 0 Å². The van der Waals surface area contributed by atoms with Crippen molar-refractivity contribution in [1.29, 1.82) is 5.26 Å². The second kappa shape index (κ2) is 9.43. The molecular weight excluding hydrogens is 418 g/mol. The molecule has 1 aromatic heterocycles. The molecule has 8 nitrogen and oxygen atoms in total. The number of rotatable bonds is 5. The minimum Gasteiger partial charge on any atom is -0.496 e. The van der Waals surface area contributed by atoms with Crippen molar-refractivity contribution < 1.29 is 14.3 Å². The Balaban J connectivity index is 1.74. The highest BCUT2D eigenvalue weighted by atomic mass is 16.5. The highest BCUT2D eigenvalue weighted by Gasteiger charge is 2.24. The van der Waals surface area contributed by atoms with Crippen LogP contribution >= 0.6 is 0 Å². The molecule has 1 fully saturated rings. The lowest BCUT2D eigenvalue weighted by molar-refractivity contribution is 0.0301. The highest BCUT2D eigenvalue weighted by Crippen LogP contribution is 2.33. The number of nitrogens with zero attached hydrogens (tertiary/aromatic N) is 4. The summed E-state index contributed by atoms with van der Waals surface area (Å²) in [4.78, 5) is 15.0. The van der Waals surface area contributed by atoms with Crippen molar-refractivity contribution in [2.45, 2.75) is 26.8 Å². The Morgan fingerprint density at radius 1 is 1.21 bits per heavy atom. The fraction of sp³-hybridized carbons (Fsp3) is 0.360. The predicted octanol–water partition coefficient (Wildman–Crippen LogP) is 3.77. The van der Waals surface area contributed by atoms with Gasteiger partial charge in [-0.05, 0) is 50.1 Å². The number of carbonyl (C=O) groups is 1. The number of aromatic nitrogens is 2. The van der Waals surface area contributed by atoms with E-state index in [1.54, 1.807) is 12.0 Å². The number of hydrogen-bond acceptors (Lipinski definition) is 7. The number of ether oxygens (including phenoxy) is 2. The van der Waals surface area contributed by atoms with Gasteiger partial charge in [0.25, 0.3) is 5.91 Å². The van der Waals surface area contributed by atoms with Crippen LogP contribution < -0.4 is 10.1 Å². The quantitative estimate of drug-likeness (QED) is 0.638. The van der Waals surface area contributed by atoms with E-state index < -0.39 is 0 Å². The molecule has 33 heavy (non-hydrogen) atoms. The van der Waals surface area contributed by atoms with Crippen LogP contribution in [0.25, 0.3) is 10.8 Å². The van der Waals surface area contributed by atoms with E-state index in [2.05, 4.69) is 21.6 Å². The number of nitrogens with one attached hydrogen (secondary N) is 1. The first-order valence-electron chi connectivity index (χ1n) is 10.9. The minimum atomic E-state index is -0.112. The first kappa shape index (κ1) is 22.5. The van der Waals surface area contributed by atoms with Gasteiger partial charge in [0.05, 0.1) is 49.3 Å². The van der Waals surface area contributed by atoms with E-state index in [-0.39, 0.29) is 11.9 Å². The van der Waals surface area contributed by atoms with Crippen LogP contribution in [0.2, 0.25) is 0 Å². The molecule has 2 heterocycles. The molecule has 1 N–H and O–H groups in total. The molecule has 1 saturated heterocycles. The topological polar surface area (TPSA) is 100 Å². The zero-order valence-corrected chi connectivity index (χ0v) is 19.3. The molecule has 1 aliphatic rings. The summed E-state index contributed by atoms with van der Waals surface area (Å²) < 4.78 is 11.0. The van der Waals surface area contributed by atoms with Gasteiger partial charge in [-0.25, -0.2) is 0 Å². The number of carbonyl (C=O) groups excluding carboxylic acids is 1. The van der Waals surface area contributed by atoms with Crippen molar-refractivity contribution in [3.63, 3.8) is 0 Å². The number of aryl methyl sites for hydroxylation is 1. The molecule has 1 unspecified atom stereocenters. The monoisotopic (exact) mass is 445 g/mol. The average Bonchev–Trinajstić information content (AvgIpc) is 2.85. The average molecular weight is 446 g/mol. The summed E-state index contributed by atoms with van der Waals surface area (Å²) in [6.07, 6.45) is 0. The van der Waals surface area contributed by atoms with Crippen LogP contribution in [0.5, 0.6) is 5.75 Å². The largest absolute Gasteiger partial charge is 0.496 e. The van der Waals surface area contributed by atoms with Crippen molar-refractivity contribution in [1.82, 2.24) is 15.1 Å². The van der Waals surface area contributed by atoms with Gasteiger partial charge in [0, 0.05) is 23.9 Å². The Morgan fingerprint density at radius 2 is 1.97 bits per heavy atom. The van der Waals surface area contributed by atoms with E-state index in [1.807, 2.05) is 51.1 Å². The van der Waals surface area contributed by atoms with E-state index >= 15 is 0 Å². The molecule has 4 rings (SSSR count). The number of fused-ring (bicyclic) bond motifs is 1. The van der Waals surface area contributed by atoms with Crippen LogP contribution in [-0.2, 0) is 4.74 Å². The van der Waals surface area contributed by atoms with E-state index in [0.717, 1.165) is 27.6 Å². The van der Waals surface area contributed by atoms with Gasteiger partial charge in [-0.15, -0.1) is 5.10 Å². The summed E-state index contributed by atoms with van der Waals surface area (Å²) in [5.41, 5.74) is 3.81. The first-order chi connectivity index (χ1) is 15.9. The van der Waals surface area contributed by atoms with E-state index in [1.165, 1.54) is 0 Å². The fourth-order valence-corrected chi connectivity index (χ4v) is 4.21. The molecular formula is C25H27N5O3. The lowest BCUT2D eigenvalue weighted by Crippen LogP contribution is -2.40. The molecule has 0 radical (unpaired) electrons. The van der Waals surface area contributed by atoms with E-state index in [9.17, 15) is 10.1 Å². The number of nitriles is 1. The second-order valence-electron chi connectivity index (χ2n) is 8.13. The summed E-state index contributed by atoms with van der Waals surface area (Å²) >= 11 is 0. The SMILES string of the molecule is COc1cc2c(NC(C)c3cccc(C#N)c3C)nnc(C)c2cc1C(=O)N1CCOCC1. The van der Waals surface area contributed by atoms with Gasteiger partial charge in [-0.2, -0.15) is 10.4 Å². The lowest BCUT2D eigenvalue weighted by atomic mass is 9.98. The maximum atomic E-state index is 13.2. The Morgan fingerprint density at radius 3 is 2.67 bits per heavy atom.